The smallest absolute Gasteiger partial charge is 0.221 e. The van der Waals surface area contributed by atoms with Crippen molar-refractivity contribution in [2.75, 3.05) is 14.2 Å². The highest BCUT2D eigenvalue weighted by molar-refractivity contribution is 5.87. The summed E-state index contributed by atoms with van der Waals surface area (Å²) >= 11 is 0. The summed E-state index contributed by atoms with van der Waals surface area (Å²) in [6.07, 6.45) is 3.18. The van der Waals surface area contributed by atoms with Crippen molar-refractivity contribution in [3.8, 4) is 11.5 Å². The Hall–Kier alpha value is -4.51. The number of benzene rings is 4. The quantitative estimate of drug-likeness (QED) is 0.194. The Labute approximate surface area is 236 Å². The van der Waals surface area contributed by atoms with Crippen molar-refractivity contribution < 1.29 is 14.3 Å². The van der Waals surface area contributed by atoms with Crippen LogP contribution in [-0.4, -0.2) is 24.7 Å². The normalized spacial score (nSPS) is 12.6. The van der Waals surface area contributed by atoms with Crippen molar-refractivity contribution >= 4 is 16.8 Å². The standard InChI is InChI=1S/C35H36N2O3/c1-4-37-24-32(30-17-11-12-18-34(30)37)31(27-20-28(39-2)22-29(21-27)40-3)23-35(38)36-33(26-15-9-6-10-16-26)19-25-13-7-5-8-14-25/h5-18,20-22,24,31,33H,4,19,23H2,1-3H3,(H,36,38). The molecule has 0 saturated carbocycles. The van der Waals surface area contributed by atoms with E-state index in [9.17, 15) is 4.79 Å². The van der Waals surface area contributed by atoms with E-state index in [2.05, 4.69) is 71.5 Å². The highest BCUT2D eigenvalue weighted by atomic mass is 16.5. The van der Waals surface area contributed by atoms with E-state index in [1.54, 1.807) is 14.2 Å². The second-order valence-electron chi connectivity index (χ2n) is 10.0. The van der Waals surface area contributed by atoms with Gasteiger partial charge in [-0.1, -0.05) is 78.9 Å². The molecule has 0 saturated heterocycles. The summed E-state index contributed by atoms with van der Waals surface area (Å²) < 4.78 is 13.5. The van der Waals surface area contributed by atoms with Crippen LogP contribution in [-0.2, 0) is 17.8 Å². The molecule has 1 aromatic heterocycles. The van der Waals surface area contributed by atoms with Crippen molar-refractivity contribution in [1.82, 2.24) is 9.88 Å². The number of nitrogens with one attached hydrogen (secondary N) is 1. The molecule has 0 aliphatic rings. The van der Waals surface area contributed by atoms with Crippen LogP contribution in [0.5, 0.6) is 11.5 Å². The molecule has 5 nitrogen and oxygen atoms in total. The Morgan fingerprint density at radius 3 is 2.08 bits per heavy atom. The lowest BCUT2D eigenvalue weighted by atomic mass is 9.87. The molecular formula is C35H36N2O3. The lowest BCUT2D eigenvalue weighted by Crippen LogP contribution is -2.31. The number of ether oxygens (including phenoxy) is 2. The van der Waals surface area contributed by atoms with Crippen molar-refractivity contribution in [2.24, 2.45) is 0 Å². The van der Waals surface area contributed by atoms with Crippen molar-refractivity contribution in [3.05, 3.63) is 132 Å². The first kappa shape index (κ1) is 27.1. The largest absolute Gasteiger partial charge is 0.497 e. The number of aromatic nitrogens is 1. The van der Waals surface area contributed by atoms with E-state index in [0.29, 0.717) is 17.9 Å². The van der Waals surface area contributed by atoms with Crippen LogP contribution in [0.25, 0.3) is 10.9 Å². The molecule has 5 heteroatoms. The predicted octanol–water partition coefficient (Wildman–Crippen LogP) is 7.30. The molecule has 40 heavy (non-hydrogen) atoms. The molecule has 1 heterocycles. The number of hydrogen-bond acceptors (Lipinski definition) is 3. The molecule has 0 bridgehead atoms. The summed E-state index contributed by atoms with van der Waals surface area (Å²) in [6.45, 7) is 2.98. The highest BCUT2D eigenvalue weighted by Gasteiger charge is 2.25. The first-order valence-electron chi connectivity index (χ1n) is 13.8. The van der Waals surface area contributed by atoms with Crippen LogP contribution in [0.3, 0.4) is 0 Å². The third kappa shape index (κ3) is 6.04. The minimum atomic E-state index is -0.199. The number of nitrogens with zero attached hydrogens (tertiary/aromatic N) is 1. The van der Waals surface area contributed by atoms with Gasteiger partial charge in [-0.3, -0.25) is 4.79 Å². The van der Waals surface area contributed by atoms with E-state index in [1.807, 2.05) is 54.6 Å². The van der Waals surface area contributed by atoms with Crippen LogP contribution in [0.4, 0.5) is 0 Å². The summed E-state index contributed by atoms with van der Waals surface area (Å²) in [7, 11) is 3.30. The van der Waals surface area contributed by atoms with Crippen molar-refractivity contribution in [2.45, 2.75) is 38.3 Å². The Morgan fingerprint density at radius 2 is 1.43 bits per heavy atom. The summed E-state index contributed by atoms with van der Waals surface area (Å²) in [5.41, 5.74) is 5.51. The maximum atomic E-state index is 13.9. The number of hydrogen-bond donors (Lipinski definition) is 1. The number of carbonyl (C=O) groups excluding carboxylic acids is 1. The van der Waals surface area contributed by atoms with Crippen LogP contribution < -0.4 is 14.8 Å². The van der Waals surface area contributed by atoms with Gasteiger partial charge in [0.25, 0.3) is 0 Å². The molecule has 5 aromatic rings. The van der Waals surface area contributed by atoms with Gasteiger partial charge in [0.05, 0.1) is 20.3 Å². The molecule has 0 aliphatic carbocycles. The SMILES string of the molecule is CCn1cc(C(CC(=O)NC(Cc2ccccc2)c2ccccc2)c2cc(OC)cc(OC)c2)c2ccccc21. The molecule has 0 fully saturated rings. The maximum Gasteiger partial charge on any atom is 0.221 e. The fraction of sp³-hybridized carbons (Fsp3) is 0.229. The van der Waals surface area contributed by atoms with Crippen LogP contribution >= 0.6 is 0 Å². The van der Waals surface area contributed by atoms with Gasteiger partial charge in [-0.2, -0.15) is 0 Å². The van der Waals surface area contributed by atoms with Crippen molar-refractivity contribution in [1.29, 1.82) is 0 Å². The van der Waals surface area contributed by atoms with Gasteiger partial charge in [0, 0.05) is 42.0 Å². The van der Waals surface area contributed by atoms with Crippen molar-refractivity contribution in [3.63, 3.8) is 0 Å². The number of aryl methyl sites for hydroxylation is 1. The molecule has 2 atom stereocenters. The second kappa shape index (κ2) is 12.6. The Bertz CT molecular complexity index is 1540. The van der Waals surface area contributed by atoms with Crippen LogP contribution in [0.2, 0.25) is 0 Å². The summed E-state index contributed by atoms with van der Waals surface area (Å²) in [5, 5.41) is 4.52. The Morgan fingerprint density at radius 1 is 0.800 bits per heavy atom. The average molecular weight is 533 g/mol. The zero-order chi connectivity index (χ0) is 27.9. The molecule has 204 valence electrons. The van der Waals surface area contributed by atoms with Crippen LogP contribution in [0.1, 0.15) is 47.6 Å². The number of para-hydroxylation sites is 1. The Kier molecular flexibility index (Phi) is 8.50. The van der Waals surface area contributed by atoms with E-state index >= 15 is 0 Å². The number of rotatable bonds is 11. The number of fused-ring (bicyclic) bond motifs is 1. The van der Waals surface area contributed by atoms with Crippen LogP contribution in [0, 0.1) is 0 Å². The summed E-state index contributed by atoms with van der Waals surface area (Å²) in [5.74, 6) is 1.19. The summed E-state index contributed by atoms with van der Waals surface area (Å²) in [4.78, 5) is 13.9. The molecule has 2 unspecified atom stereocenters. The van der Waals surface area contributed by atoms with E-state index in [4.69, 9.17) is 9.47 Å². The average Bonchev–Trinajstić information content (AvgIpc) is 3.38. The monoisotopic (exact) mass is 532 g/mol. The topological polar surface area (TPSA) is 52.5 Å². The van der Waals surface area contributed by atoms with Gasteiger partial charge in [-0.05, 0) is 53.8 Å². The van der Waals surface area contributed by atoms with Gasteiger partial charge in [-0.25, -0.2) is 0 Å². The molecular weight excluding hydrogens is 496 g/mol. The van der Waals surface area contributed by atoms with Gasteiger partial charge in [-0.15, -0.1) is 0 Å². The van der Waals surface area contributed by atoms with Gasteiger partial charge in [0.15, 0.2) is 0 Å². The third-order valence-electron chi connectivity index (χ3n) is 7.52. The molecule has 5 rings (SSSR count). The fourth-order valence-electron chi connectivity index (χ4n) is 5.48. The van der Waals surface area contributed by atoms with E-state index in [1.165, 1.54) is 5.56 Å². The minimum absolute atomic E-state index is 0.00935. The van der Waals surface area contributed by atoms with Gasteiger partial charge < -0.3 is 19.4 Å². The maximum absolute atomic E-state index is 13.9. The lowest BCUT2D eigenvalue weighted by molar-refractivity contribution is -0.122. The fourth-order valence-corrected chi connectivity index (χ4v) is 5.48. The Balaban J connectivity index is 1.53. The van der Waals surface area contributed by atoms with Gasteiger partial charge in [0.2, 0.25) is 5.91 Å². The third-order valence-corrected chi connectivity index (χ3v) is 7.52. The lowest BCUT2D eigenvalue weighted by Gasteiger charge is -2.23. The van der Waals surface area contributed by atoms with Gasteiger partial charge in [0.1, 0.15) is 11.5 Å². The second-order valence-corrected chi connectivity index (χ2v) is 10.0. The molecule has 0 aliphatic heterocycles. The molecule has 1 amide bonds. The zero-order valence-corrected chi connectivity index (χ0v) is 23.3. The molecule has 0 spiro atoms. The zero-order valence-electron chi connectivity index (χ0n) is 23.3. The number of methoxy groups -OCH3 is 2. The van der Waals surface area contributed by atoms with E-state index in [0.717, 1.165) is 34.1 Å². The highest BCUT2D eigenvalue weighted by Crippen LogP contribution is 2.38. The van der Waals surface area contributed by atoms with E-state index in [-0.39, 0.29) is 24.3 Å². The molecule has 0 radical (unpaired) electrons. The first-order valence-corrected chi connectivity index (χ1v) is 13.8. The minimum Gasteiger partial charge on any atom is -0.497 e. The van der Waals surface area contributed by atoms with Gasteiger partial charge >= 0.3 is 0 Å². The van der Waals surface area contributed by atoms with E-state index < -0.39 is 0 Å². The predicted molar refractivity (Wildman–Crippen MR) is 161 cm³/mol. The number of carbonyl (C=O) groups is 1. The number of amides is 1. The molecule has 4 aromatic carbocycles. The first-order chi connectivity index (χ1) is 19.6. The summed E-state index contributed by atoms with van der Waals surface area (Å²) in [6, 6.07) is 34.6. The molecule has 1 N–H and O–H groups in total. The van der Waals surface area contributed by atoms with Crippen LogP contribution in [0.15, 0.2) is 109 Å².